The van der Waals surface area contributed by atoms with Crippen LogP contribution >= 0.6 is 0 Å². The van der Waals surface area contributed by atoms with Gasteiger partial charge in [-0.25, -0.2) is 0 Å². The van der Waals surface area contributed by atoms with Crippen LogP contribution in [0.4, 0.5) is 0 Å². The Hall–Kier alpha value is -1.10. The molecule has 0 saturated heterocycles. The van der Waals surface area contributed by atoms with Crippen molar-refractivity contribution >= 4 is 0 Å². The first-order chi connectivity index (χ1) is 9.58. The summed E-state index contributed by atoms with van der Waals surface area (Å²) in [6.07, 6.45) is 0.662. The number of aliphatic hydroxyl groups is 1. The Bertz CT molecular complexity index is 343. The molecule has 1 N–H and O–H groups in total. The van der Waals surface area contributed by atoms with E-state index in [-0.39, 0.29) is 6.10 Å². The molecule has 1 rings (SSSR count). The summed E-state index contributed by atoms with van der Waals surface area (Å²) in [5.74, 6) is 0.903. The van der Waals surface area contributed by atoms with Gasteiger partial charge in [-0.15, -0.1) is 0 Å². The van der Waals surface area contributed by atoms with E-state index in [2.05, 4.69) is 4.90 Å². The van der Waals surface area contributed by atoms with Crippen molar-refractivity contribution in [2.75, 3.05) is 33.4 Å². The number of para-hydroxylation sites is 1. The Morgan fingerprint density at radius 2 is 1.90 bits per heavy atom. The average Bonchev–Trinajstić information content (AvgIpc) is 2.42. The van der Waals surface area contributed by atoms with Crippen LogP contribution < -0.4 is 4.74 Å². The van der Waals surface area contributed by atoms with E-state index < -0.39 is 6.10 Å². The zero-order valence-corrected chi connectivity index (χ0v) is 12.8. The molecule has 0 unspecified atom stereocenters. The second-order valence-corrected chi connectivity index (χ2v) is 5.31. The lowest BCUT2D eigenvalue weighted by Crippen LogP contribution is -2.34. The zero-order chi connectivity index (χ0) is 14.8. The average molecular weight is 281 g/mol. The molecular formula is C16H27NO3. The maximum atomic E-state index is 9.81. The Morgan fingerprint density at radius 3 is 2.55 bits per heavy atom. The van der Waals surface area contributed by atoms with Gasteiger partial charge in [0.25, 0.3) is 0 Å². The first-order valence-corrected chi connectivity index (χ1v) is 7.24. The van der Waals surface area contributed by atoms with Gasteiger partial charge in [-0.05, 0) is 39.4 Å². The largest absolute Gasteiger partial charge is 0.494 e. The van der Waals surface area contributed by atoms with Gasteiger partial charge < -0.3 is 19.5 Å². The second kappa shape index (κ2) is 9.75. The Morgan fingerprint density at radius 1 is 1.20 bits per heavy atom. The molecule has 0 heterocycles. The van der Waals surface area contributed by atoms with Gasteiger partial charge in [0.2, 0.25) is 0 Å². The molecule has 1 aromatic carbocycles. The number of aliphatic hydroxyl groups excluding tert-OH is 1. The van der Waals surface area contributed by atoms with E-state index in [1.165, 1.54) is 0 Å². The molecule has 0 aliphatic carbocycles. The van der Waals surface area contributed by atoms with Crippen LogP contribution in [0.5, 0.6) is 5.75 Å². The minimum Gasteiger partial charge on any atom is -0.494 e. The molecular weight excluding hydrogens is 254 g/mol. The third kappa shape index (κ3) is 8.15. The van der Waals surface area contributed by atoms with E-state index in [0.29, 0.717) is 19.8 Å². The van der Waals surface area contributed by atoms with Crippen LogP contribution in [0.3, 0.4) is 0 Å². The fourth-order valence-corrected chi connectivity index (χ4v) is 1.85. The van der Waals surface area contributed by atoms with Crippen molar-refractivity contribution in [1.82, 2.24) is 4.90 Å². The minimum absolute atomic E-state index is 0.161. The summed E-state index contributed by atoms with van der Waals surface area (Å²) in [7, 11) is 2.00. The van der Waals surface area contributed by atoms with Gasteiger partial charge in [0, 0.05) is 13.1 Å². The standard InChI is InChI=1S/C16H27NO3/c1-14(2)20-13-15(18)12-17(3)10-7-11-19-16-8-5-4-6-9-16/h4-6,8-9,14-15,18H,7,10-13H2,1-3H3/t15-/m1/s1. The number of hydrogen-bond acceptors (Lipinski definition) is 4. The van der Waals surface area contributed by atoms with E-state index in [9.17, 15) is 5.11 Å². The molecule has 1 atom stereocenters. The molecule has 20 heavy (non-hydrogen) atoms. The summed E-state index contributed by atoms with van der Waals surface area (Å²) < 4.78 is 11.0. The molecule has 0 saturated carbocycles. The van der Waals surface area contributed by atoms with Crippen molar-refractivity contribution in [2.45, 2.75) is 32.5 Å². The summed E-state index contributed by atoms with van der Waals surface area (Å²) in [5, 5.41) is 9.81. The monoisotopic (exact) mass is 281 g/mol. The van der Waals surface area contributed by atoms with Crippen molar-refractivity contribution in [3.05, 3.63) is 30.3 Å². The van der Waals surface area contributed by atoms with Crippen LogP contribution in [-0.2, 0) is 4.74 Å². The third-order valence-corrected chi connectivity index (χ3v) is 2.84. The molecule has 4 heteroatoms. The highest BCUT2D eigenvalue weighted by Gasteiger charge is 2.09. The first kappa shape index (κ1) is 17.0. The van der Waals surface area contributed by atoms with Crippen LogP contribution in [-0.4, -0.2) is 55.6 Å². The molecule has 0 amide bonds. The molecule has 4 nitrogen and oxygen atoms in total. The highest BCUT2D eigenvalue weighted by molar-refractivity contribution is 5.20. The van der Waals surface area contributed by atoms with Crippen LogP contribution in [0.2, 0.25) is 0 Å². The molecule has 114 valence electrons. The zero-order valence-electron chi connectivity index (χ0n) is 12.8. The van der Waals surface area contributed by atoms with Crippen molar-refractivity contribution in [3.63, 3.8) is 0 Å². The second-order valence-electron chi connectivity index (χ2n) is 5.31. The topological polar surface area (TPSA) is 41.9 Å². The van der Waals surface area contributed by atoms with Gasteiger partial charge in [0.05, 0.1) is 25.4 Å². The van der Waals surface area contributed by atoms with E-state index >= 15 is 0 Å². The minimum atomic E-state index is -0.433. The lowest BCUT2D eigenvalue weighted by atomic mass is 10.3. The SMILES string of the molecule is CC(C)OC[C@H](O)CN(C)CCCOc1ccccc1. The number of rotatable bonds is 10. The van der Waals surface area contributed by atoms with Gasteiger partial charge in [-0.3, -0.25) is 0 Å². The van der Waals surface area contributed by atoms with Crippen molar-refractivity contribution < 1.29 is 14.6 Å². The van der Waals surface area contributed by atoms with Gasteiger partial charge in [-0.1, -0.05) is 18.2 Å². The third-order valence-electron chi connectivity index (χ3n) is 2.84. The lowest BCUT2D eigenvalue weighted by Gasteiger charge is -2.21. The van der Waals surface area contributed by atoms with Crippen molar-refractivity contribution in [2.24, 2.45) is 0 Å². The predicted octanol–water partition coefficient (Wildman–Crippen LogP) is 2.17. The molecule has 0 spiro atoms. The highest BCUT2D eigenvalue weighted by atomic mass is 16.5. The van der Waals surface area contributed by atoms with Gasteiger partial charge in [0.15, 0.2) is 0 Å². The molecule has 0 fully saturated rings. The Balaban J connectivity index is 2.06. The van der Waals surface area contributed by atoms with Crippen molar-refractivity contribution in [1.29, 1.82) is 0 Å². The maximum Gasteiger partial charge on any atom is 0.119 e. The molecule has 0 radical (unpaired) electrons. The summed E-state index contributed by atoms with van der Waals surface area (Å²) in [6, 6.07) is 9.81. The fraction of sp³-hybridized carbons (Fsp3) is 0.625. The summed E-state index contributed by atoms with van der Waals surface area (Å²) in [6.45, 7) is 6.54. The predicted molar refractivity (Wildman–Crippen MR) is 81.1 cm³/mol. The molecule has 0 aliphatic heterocycles. The van der Waals surface area contributed by atoms with Crippen LogP contribution in [0.15, 0.2) is 30.3 Å². The Labute approximate surface area is 122 Å². The quantitative estimate of drug-likeness (QED) is 0.667. The normalized spacial score (nSPS) is 12.9. The number of hydrogen-bond donors (Lipinski definition) is 1. The summed E-state index contributed by atoms with van der Waals surface area (Å²) in [5.41, 5.74) is 0. The maximum absolute atomic E-state index is 9.81. The Kier molecular flexibility index (Phi) is 8.26. The van der Waals surface area contributed by atoms with Crippen molar-refractivity contribution in [3.8, 4) is 5.75 Å². The van der Waals surface area contributed by atoms with E-state index in [1.54, 1.807) is 0 Å². The molecule has 0 aliphatic rings. The van der Waals surface area contributed by atoms with E-state index in [1.807, 2.05) is 51.2 Å². The molecule has 0 aromatic heterocycles. The van der Waals surface area contributed by atoms with Gasteiger partial charge >= 0.3 is 0 Å². The smallest absolute Gasteiger partial charge is 0.119 e. The molecule has 1 aromatic rings. The number of benzene rings is 1. The van der Waals surface area contributed by atoms with Crippen LogP contribution in [0, 0.1) is 0 Å². The van der Waals surface area contributed by atoms with E-state index in [4.69, 9.17) is 9.47 Å². The van der Waals surface area contributed by atoms with Crippen LogP contribution in [0.25, 0.3) is 0 Å². The fourth-order valence-electron chi connectivity index (χ4n) is 1.85. The summed E-state index contributed by atoms with van der Waals surface area (Å²) in [4.78, 5) is 2.10. The van der Waals surface area contributed by atoms with E-state index in [0.717, 1.165) is 18.7 Å². The lowest BCUT2D eigenvalue weighted by molar-refractivity contribution is -0.00586. The first-order valence-electron chi connectivity index (χ1n) is 7.24. The highest BCUT2D eigenvalue weighted by Crippen LogP contribution is 2.08. The van der Waals surface area contributed by atoms with Gasteiger partial charge in [0.1, 0.15) is 5.75 Å². The number of likely N-dealkylation sites (N-methyl/N-ethyl adjacent to an activating group) is 1. The number of ether oxygens (including phenoxy) is 2. The van der Waals surface area contributed by atoms with Crippen LogP contribution in [0.1, 0.15) is 20.3 Å². The summed E-state index contributed by atoms with van der Waals surface area (Å²) >= 11 is 0. The molecule has 0 bridgehead atoms. The van der Waals surface area contributed by atoms with Gasteiger partial charge in [-0.2, -0.15) is 0 Å². The number of nitrogens with zero attached hydrogens (tertiary/aromatic N) is 1.